The molecule has 2 aliphatic carbocycles. The normalized spacial score (nSPS) is 26.6. The van der Waals surface area contributed by atoms with E-state index in [0.29, 0.717) is 61.3 Å². The second-order valence-electron chi connectivity index (χ2n) is 10.7. The summed E-state index contributed by atoms with van der Waals surface area (Å²) >= 11 is 0. The molecule has 0 radical (unpaired) electrons. The second-order valence-corrected chi connectivity index (χ2v) is 10.7. The lowest BCUT2D eigenvalue weighted by atomic mass is 9.72. The first kappa shape index (κ1) is 26.0. The summed E-state index contributed by atoms with van der Waals surface area (Å²) in [7, 11) is 0. The van der Waals surface area contributed by atoms with E-state index in [9.17, 15) is 19.8 Å². The maximum Gasteiger partial charge on any atom is 0.168 e. The number of nitrogens with zero attached hydrogens (tertiary/aromatic N) is 2. The van der Waals surface area contributed by atoms with Gasteiger partial charge < -0.3 is 10.2 Å². The van der Waals surface area contributed by atoms with Crippen LogP contribution in [0.1, 0.15) is 92.9 Å². The molecule has 0 saturated heterocycles. The molecule has 0 aromatic rings. The molecule has 2 aliphatic rings. The van der Waals surface area contributed by atoms with Crippen LogP contribution in [0.4, 0.5) is 0 Å². The zero-order chi connectivity index (χ0) is 24.1. The highest BCUT2D eigenvalue weighted by Gasteiger charge is 2.37. The van der Waals surface area contributed by atoms with E-state index in [1.54, 1.807) is 0 Å². The fourth-order valence-corrected chi connectivity index (χ4v) is 4.48. The van der Waals surface area contributed by atoms with Crippen LogP contribution in [0.5, 0.6) is 0 Å². The van der Waals surface area contributed by atoms with Crippen LogP contribution in [-0.4, -0.2) is 46.3 Å². The zero-order valence-electron chi connectivity index (χ0n) is 20.7. The lowest BCUT2D eigenvalue weighted by molar-refractivity contribution is -0.118. The summed E-state index contributed by atoms with van der Waals surface area (Å²) in [4.78, 5) is 34.8. The molecule has 0 bridgehead atoms. The summed E-state index contributed by atoms with van der Waals surface area (Å²) in [6, 6.07) is 0. The molecule has 0 aromatic carbocycles. The maximum absolute atomic E-state index is 12.8. The molecular formula is C26H40N2O4. The first-order chi connectivity index (χ1) is 14.9. The number of carbonyl (C=O) groups is 2. The van der Waals surface area contributed by atoms with Gasteiger partial charge in [-0.25, -0.2) is 0 Å². The Morgan fingerprint density at radius 2 is 1.06 bits per heavy atom. The number of ketones is 2. The maximum atomic E-state index is 12.8. The van der Waals surface area contributed by atoms with Crippen molar-refractivity contribution < 1.29 is 19.8 Å². The average Bonchev–Trinajstić information content (AvgIpc) is 2.66. The van der Waals surface area contributed by atoms with Gasteiger partial charge in [0.15, 0.2) is 11.6 Å². The van der Waals surface area contributed by atoms with Crippen LogP contribution in [0.2, 0.25) is 0 Å². The van der Waals surface area contributed by atoms with E-state index in [0.717, 1.165) is 12.8 Å². The van der Waals surface area contributed by atoms with Gasteiger partial charge in [-0.15, -0.1) is 0 Å². The molecule has 32 heavy (non-hydrogen) atoms. The van der Waals surface area contributed by atoms with Gasteiger partial charge in [0.25, 0.3) is 0 Å². The number of hydrogen-bond acceptors (Lipinski definition) is 6. The Kier molecular flexibility index (Phi) is 8.60. The van der Waals surface area contributed by atoms with Gasteiger partial charge >= 0.3 is 0 Å². The van der Waals surface area contributed by atoms with Gasteiger partial charge in [0.1, 0.15) is 11.5 Å². The molecule has 2 fully saturated rings. The van der Waals surface area contributed by atoms with Gasteiger partial charge in [0.2, 0.25) is 0 Å². The summed E-state index contributed by atoms with van der Waals surface area (Å²) < 4.78 is 0. The highest BCUT2D eigenvalue weighted by atomic mass is 16.3. The number of hydrogen-bond donors (Lipinski definition) is 2. The molecule has 2 rings (SSSR count). The third-order valence-electron chi connectivity index (χ3n) is 5.93. The smallest absolute Gasteiger partial charge is 0.168 e. The minimum absolute atomic E-state index is 0.0526. The lowest BCUT2D eigenvalue weighted by Gasteiger charge is -2.32. The third kappa shape index (κ3) is 6.63. The van der Waals surface area contributed by atoms with Crippen LogP contribution < -0.4 is 0 Å². The Hall–Kier alpha value is -2.24. The molecule has 0 spiro atoms. The Balaban J connectivity index is 2.33. The van der Waals surface area contributed by atoms with Crippen LogP contribution in [0.15, 0.2) is 32.6 Å². The highest BCUT2D eigenvalue weighted by molar-refractivity contribution is 6.25. The molecule has 0 atom stereocenters. The molecule has 2 saturated carbocycles. The van der Waals surface area contributed by atoms with E-state index in [1.165, 1.54) is 0 Å². The quantitative estimate of drug-likeness (QED) is 0.379. The molecule has 178 valence electrons. The Morgan fingerprint density at radius 1 is 0.719 bits per heavy atom. The summed E-state index contributed by atoms with van der Waals surface area (Å²) in [5, 5.41) is 21.6. The highest BCUT2D eigenvalue weighted by Crippen LogP contribution is 2.37. The van der Waals surface area contributed by atoms with Crippen molar-refractivity contribution in [1.82, 2.24) is 0 Å². The molecule has 0 aliphatic heterocycles. The van der Waals surface area contributed by atoms with Crippen molar-refractivity contribution in [3.63, 3.8) is 0 Å². The predicted octanol–water partition coefficient (Wildman–Crippen LogP) is 5.87. The van der Waals surface area contributed by atoms with E-state index in [-0.39, 0.29) is 46.8 Å². The van der Waals surface area contributed by atoms with Crippen LogP contribution in [0, 0.1) is 10.8 Å². The standard InChI is InChI=1S/C26H40N2O4/c1-7-11-27-17-13-25(3,4)15-21(31)23(17)19(29)9-10-20(30)24-18(28-12-8-2)14-26(5,6)16-22(24)32/h29-30H,7-16H2,1-6H3. The van der Waals surface area contributed by atoms with Crippen molar-refractivity contribution in [3.8, 4) is 0 Å². The number of aliphatic hydroxyl groups excluding tert-OH is 2. The number of allylic oxidation sites excluding steroid dienone is 4. The molecule has 0 unspecified atom stereocenters. The number of aliphatic hydroxyl groups is 2. The average molecular weight is 445 g/mol. The molecule has 6 nitrogen and oxygen atoms in total. The van der Waals surface area contributed by atoms with Gasteiger partial charge in [0.05, 0.1) is 11.1 Å². The van der Waals surface area contributed by atoms with E-state index < -0.39 is 0 Å². The SMILES string of the molecule is CCCN=C1CC(C)(C)CC(=O)C1=C(O)CCC(O)=C1C(=O)CC(C)(C)CC1=NCCC. The van der Waals surface area contributed by atoms with E-state index >= 15 is 0 Å². The lowest BCUT2D eigenvalue weighted by Crippen LogP contribution is -2.33. The topological polar surface area (TPSA) is 99.3 Å². The Labute approximate surface area is 192 Å². The fourth-order valence-electron chi connectivity index (χ4n) is 4.48. The summed E-state index contributed by atoms with van der Waals surface area (Å²) in [6.07, 6.45) is 3.85. The van der Waals surface area contributed by atoms with Crippen LogP contribution in [0.25, 0.3) is 0 Å². The van der Waals surface area contributed by atoms with Gasteiger partial charge in [-0.3, -0.25) is 19.6 Å². The van der Waals surface area contributed by atoms with E-state index in [1.807, 2.05) is 41.5 Å². The third-order valence-corrected chi connectivity index (χ3v) is 5.93. The first-order valence-electron chi connectivity index (χ1n) is 11.9. The number of Topliss-reactive ketones (excluding diaryl/α,β-unsaturated/α-hetero) is 2. The van der Waals surface area contributed by atoms with Crippen molar-refractivity contribution in [2.24, 2.45) is 20.8 Å². The molecule has 2 N–H and O–H groups in total. The summed E-state index contributed by atoms with van der Waals surface area (Å²) in [5.74, 6) is -0.325. The van der Waals surface area contributed by atoms with Crippen molar-refractivity contribution in [1.29, 1.82) is 0 Å². The van der Waals surface area contributed by atoms with Crippen LogP contribution in [-0.2, 0) is 9.59 Å². The Morgan fingerprint density at radius 3 is 1.38 bits per heavy atom. The fraction of sp³-hybridized carbons (Fsp3) is 0.692. The molecule has 6 heteroatoms. The van der Waals surface area contributed by atoms with Crippen molar-refractivity contribution in [3.05, 3.63) is 22.7 Å². The van der Waals surface area contributed by atoms with E-state index in [2.05, 4.69) is 9.98 Å². The molecule has 0 aromatic heterocycles. The molecular weight excluding hydrogens is 404 g/mol. The van der Waals surface area contributed by atoms with Crippen molar-refractivity contribution in [2.75, 3.05) is 13.1 Å². The van der Waals surface area contributed by atoms with Crippen molar-refractivity contribution >= 4 is 23.0 Å². The predicted molar refractivity (Wildman–Crippen MR) is 130 cm³/mol. The number of aliphatic imine (C=N–C) groups is 2. The molecule has 0 amide bonds. The van der Waals surface area contributed by atoms with Crippen LogP contribution in [0.3, 0.4) is 0 Å². The minimum atomic E-state index is -0.191. The van der Waals surface area contributed by atoms with E-state index in [4.69, 9.17) is 0 Å². The van der Waals surface area contributed by atoms with Crippen LogP contribution >= 0.6 is 0 Å². The zero-order valence-corrected chi connectivity index (χ0v) is 20.7. The summed E-state index contributed by atoms with van der Waals surface area (Å²) in [6.45, 7) is 13.4. The van der Waals surface area contributed by atoms with Gasteiger partial charge in [-0.1, -0.05) is 41.5 Å². The Bertz CT molecular complexity index is 800. The number of carbonyl (C=O) groups excluding carboxylic acids is 2. The number of rotatable bonds is 7. The van der Waals surface area contributed by atoms with Gasteiger partial charge in [-0.05, 0) is 36.5 Å². The monoisotopic (exact) mass is 444 g/mol. The molecule has 0 heterocycles. The van der Waals surface area contributed by atoms with Crippen molar-refractivity contribution in [2.45, 2.75) is 92.9 Å². The van der Waals surface area contributed by atoms with Gasteiger partial charge in [-0.2, -0.15) is 0 Å². The second kappa shape index (κ2) is 10.6. The van der Waals surface area contributed by atoms with Gasteiger partial charge in [0, 0.05) is 50.2 Å². The largest absolute Gasteiger partial charge is 0.511 e. The minimum Gasteiger partial charge on any atom is -0.511 e. The summed E-state index contributed by atoms with van der Waals surface area (Å²) in [5.41, 5.74) is 1.52. The first-order valence-corrected chi connectivity index (χ1v) is 11.9.